The van der Waals surface area contributed by atoms with Gasteiger partial charge in [-0.25, -0.2) is 40.0 Å². The lowest BCUT2D eigenvalue weighted by Gasteiger charge is -2.47. The van der Waals surface area contributed by atoms with Crippen molar-refractivity contribution in [2.75, 3.05) is 72.7 Å². The van der Waals surface area contributed by atoms with E-state index in [0.29, 0.717) is 62.9 Å². The van der Waals surface area contributed by atoms with Gasteiger partial charge in [0.05, 0.1) is 36.7 Å². The zero-order valence-corrected chi connectivity index (χ0v) is 65.4. The van der Waals surface area contributed by atoms with Crippen LogP contribution in [0.5, 0.6) is 5.75 Å². The minimum absolute atomic E-state index is 0. The summed E-state index contributed by atoms with van der Waals surface area (Å²) in [5, 5.41) is 15.9. The first-order valence-electron chi connectivity index (χ1n) is 34.8. The molecule has 4 saturated heterocycles. The zero-order valence-electron chi connectivity index (χ0n) is 63.7. The number of methoxy groups -OCH3 is 1. The monoisotopic (exact) mass is 1710 g/mol. The van der Waals surface area contributed by atoms with Gasteiger partial charge in [-0.3, -0.25) is 0 Å². The molecule has 0 aliphatic carbocycles. The maximum atomic E-state index is 13.6. The number of benzene rings is 3. The molecule has 0 unspecified atom stereocenters. The van der Waals surface area contributed by atoms with Crippen molar-refractivity contribution in [2.45, 2.75) is 113 Å². The van der Waals surface area contributed by atoms with E-state index in [2.05, 4.69) is 247 Å². The Kier molecular flexibility index (Phi) is 44.5. The molecule has 4 fully saturated rings. The third-order valence-corrected chi connectivity index (χ3v) is 19.9. The van der Waals surface area contributed by atoms with Crippen LogP contribution in [0.3, 0.4) is 0 Å². The number of aliphatic hydroxyl groups excluding tert-OH is 1. The first-order chi connectivity index (χ1) is 57.7. The predicted octanol–water partition coefficient (Wildman–Crippen LogP) is 9.71. The van der Waals surface area contributed by atoms with E-state index in [4.69, 9.17) is 35.6 Å². The number of ether oxygens (including phenoxy) is 4. The number of hydrogen-bond acceptors (Lipinski definition) is 12. The normalized spacial score (nSPS) is 13.6. The van der Waals surface area contributed by atoms with E-state index < -0.39 is 105 Å². The SMILES string of the molecule is C.C#CC#CC#CC#CC#CC#CC#CC#CC#CC#CC#CC#CC#CC#CC#CC#CC#CC#CC#CC#CC#CC.COc1ccc(COC[C@@H](OC(=O)N2CCC3(CCCN(S(=O)(=O)c4ccc(F)cc4)C3)CC2)C(F)(F)F)cc1.O=C(O)C(F)(F)F.O=C(O[C@H](CO)C(F)(F)F)N1CCC2(CCCN(S(=O)(=O)c3ccc(F)cc3)C2)CC1. The molecular weight excluding hydrogens is 1640 g/mol. The molecule has 122 heavy (non-hydrogen) atoms. The fourth-order valence-electron chi connectivity index (χ4n) is 10.4. The summed E-state index contributed by atoms with van der Waals surface area (Å²) in [6.45, 7) is 0.981. The van der Waals surface area contributed by atoms with E-state index in [9.17, 15) is 74.7 Å². The number of aliphatic hydroxyl groups is 1. The number of sulfonamides is 2. The van der Waals surface area contributed by atoms with Crippen molar-refractivity contribution in [2.24, 2.45) is 10.8 Å². The average molecular weight is 1710 g/mol. The van der Waals surface area contributed by atoms with Crippen molar-refractivity contribution in [1.29, 1.82) is 0 Å². The van der Waals surface area contributed by atoms with Gasteiger partial charge in [0, 0.05) is 194 Å². The fourth-order valence-corrected chi connectivity index (χ4v) is 13.6. The van der Waals surface area contributed by atoms with Gasteiger partial charge in [-0.05, 0) is 230 Å². The van der Waals surface area contributed by atoms with Crippen LogP contribution in [0.2, 0.25) is 0 Å². The minimum atomic E-state index is -5.08. The molecule has 0 saturated carbocycles. The third kappa shape index (κ3) is 39.0. The molecule has 0 aromatic heterocycles. The number of aliphatic carboxylic acids is 1. The summed E-state index contributed by atoms with van der Waals surface area (Å²) in [7, 11) is -6.14. The first-order valence-corrected chi connectivity index (χ1v) is 37.7. The molecule has 3 aromatic carbocycles. The predicted molar refractivity (Wildman–Crippen MR) is 428 cm³/mol. The summed E-state index contributed by atoms with van der Waals surface area (Å²) in [6, 6.07) is 15.9. The Labute approximate surface area is 702 Å². The number of amides is 2. The number of likely N-dealkylation sites (tertiary alicyclic amines) is 2. The lowest BCUT2D eigenvalue weighted by Crippen LogP contribution is -2.52. The van der Waals surface area contributed by atoms with Gasteiger partial charge in [-0.1, -0.05) is 25.5 Å². The van der Waals surface area contributed by atoms with E-state index in [0.717, 1.165) is 42.0 Å². The van der Waals surface area contributed by atoms with Crippen molar-refractivity contribution in [3.63, 3.8) is 0 Å². The number of nitrogens with zero attached hydrogens (tertiary/aromatic N) is 4. The van der Waals surface area contributed by atoms with E-state index in [1.54, 1.807) is 31.2 Å². The smallest absolute Gasteiger partial charge is 0.490 e. The molecule has 2 amide bonds. The van der Waals surface area contributed by atoms with Crippen LogP contribution < -0.4 is 4.74 Å². The Hall–Kier alpha value is -14.8. The van der Waals surface area contributed by atoms with Crippen LogP contribution in [0, 0.1) is 272 Å². The van der Waals surface area contributed by atoms with Gasteiger partial charge in [-0.2, -0.15) is 48.1 Å². The molecule has 3 aromatic rings. The van der Waals surface area contributed by atoms with Crippen LogP contribution in [0.25, 0.3) is 0 Å². The lowest BCUT2D eigenvalue weighted by atomic mass is 9.73. The number of piperidine rings is 4. The molecule has 4 aliphatic heterocycles. The second kappa shape index (κ2) is 53.5. The molecule has 2 atom stereocenters. The number of rotatable bonds is 12. The zero-order chi connectivity index (χ0) is 88.9. The lowest BCUT2D eigenvalue weighted by molar-refractivity contribution is -0.220. The van der Waals surface area contributed by atoms with E-state index in [1.165, 1.54) is 44.9 Å². The molecule has 4 heterocycles. The van der Waals surface area contributed by atoms with Crippen molar-refractivity contribution >= 4 is 38.2 Å². The standard InChI is InChI=1S/C43H4.C27H32F4N2O6S.C19H24F4N2O5S.C2HF3O2.CH4/c1-3-5-7-9-11-13-15-17-19-21-23-25-27-29-31-33-35-37-39-41-43-42-40-38-36-34-32-30-28-26-24-22-20-18-16-14-12-10-8-6-4-2;1-37-22-7-3-20(4-8-22)17-38-18-24(27(29,30)31)39-25(34)32-15-12-26(13-16-32)11-2-14-33(19-26)40(35,36)23-9-5-21(28)6-10-23;20-14-2-4-15(5-3-14)31(28,29)25-9-1-6-18(13-25)7-10-24(11-8-18)17(27)30-16(12-26)19(21,22)23;3-2(4,5)1(6)7;/h1H,2H3;3-10,24H,2,11-19H2,1H3;2-5,16,26H,1,6-13H2;(H,6,7);1H4/t;24-;16-;;/m.11../s1. The van der Waals surface area contributed by atoms with Gasteiger partial charge in [0.2, 0.25) is 32.3 Å². The number of carbonyl (C=O) groups excluding carboxylic acids is 2. The molecule has 2 N–H and O–H groups in total. The molecule has 0 radical (unpaired) electrons. The highest BCUT2D eigenvalue weighted by molar-refractivity contribution is 7.89. The summed E-state index contributed by atoms with van der Waals surface area (Å²) in [4.78, 5) is 36.0. The van der Waals surface area contributed by atoms with Gasteiger partial charge in [0.1, 0.15) is 17.4 Å². The molecule has 0 bridgehead atoms. The first kappa shape index (κ1) is 101. The number of carboxylic acid groups (broad SMARTS) is 1. The molecular formula is C92H65F11N4O13S2. The fraction of sp³-hybridized carbons (Fsp3) is 0.315. The maximum Gasteiger partial charge on any atom is 0.490 e. The number of hydrogen-bond donors (Lipinski definition) is 2. The van der Waals surface area contributed by atoms with Gasteiger partial charge >= 0.3 is 36.7 Å². The average Bonchev–Trinajstić information content (AvgIpc) is 0.776. The highest BCUT2D eigenvalue weighted by Crippen LogP contribution is 2.43. The number of halogens is 11. The van der Waals surface area contributed by atoms with Crippen LogP contribution >= 0.6 is 0 Å². The van der Waals surface area contributed by atoms with Crippen molar-refractivity contribution in [3.8, 4) is 255 Å². The Balaban J connectivity index is 0.000000456. The number of carboxylic acids is 1. The van der Waals surface area contributed by atoms with Gasteiger partial charge in [-0.15, -0.1) is 6.42 Å². The van der Waals surface area contributed by atoms with Crippen LogP contribution in [0.15, 0.2) is 82.6 Å². The molecule has 17 nitrogen and oxygen atoms in total. The van der Waals surface area contributed by atoms with Crippen LogP contribution in [-0.4, -0.2) is 167 Å². The van der Waals surface area contributed by atoms with Gasteiger partial charge < -0.3 is 39.0 Å². The minimum Gasteiger partial charge on any atom is -0.497 e. The Morgan fingerprint density at radius 1 is 0.443 bits per heavy atom. The summed E-state index contributed by atoms with van der Waals surface area (Å²) >= 11 is 0. The number of terminal acetylenes is 1. The second-order valence-corrected chi connectivity index (χ2v) is 28.1. The highest BCUT2D eigenvalue weighted by atomic mass is 32.2. The summed E-state index contributed by atoms with van der Waals surface area (Å²) < 4.78 is 211. The van der Waals surface area contributed by atoms with Gasteiger partial charge in [0.25, 0.3) is 0 Å². The quantitative estimate of drug-likeness (QED) is 0.128. The Morgan fingerprint density at radius 3 is 0.975 bits per heavy atom. The van der Waals surface area contributed by atoms with E-state index >= 15 is 0 Å². The summed E-state index contributed by atoms with van der Waals surface area (Å²) in [6.07, 6.45) is -12.8. The topological polar surface area (TPSA) is 210 Å². The summed E-state index contributed by atoms with van der Waals surface area (Å²) in [5.41, 5.74) is -0.174. The largest absolute Gasteiger partial charge is 0.497 e. The Morgan fingerprint density at radius 2 is 0.721 bits per heavy atom. The van der Waals surface area contributed by atoms with Crippen LogP contribution in [0.4, 0.5) is 57.9 Å². The van der Waals surface area contributed by atoms with Gasteiger partial charge in [0.15, 0.2) is 0 Å². The molecule has 7 rings (SSSR count). The Bertz CT molecular complexity index is 5960. The molecule has 30 heteroatoms. The number of carbonyl (C=O) groups is 3. The highest BCUT2D eigenvalue weighted by Gasteiger charge is 2.48. The number of alkyl halides is 9. The molecule has 620 valence electrons. The van der Waals surface area contributed by atoms with Crippen molar-refractivity contribution in [1.82, 2.24) is 18.4 Å². The van der Waals surface area contributed by atoms with E-state index in [1.807, 2.05) is 0 Å². The van der Waals surface area contributed by atoms with Crippen LogP contribution in [0.1, 0.15) is 71.3 Å². The maximum absolute atomic E-state index is 13.6. The van der Waals surface area contributed by atoms with Crippen molar-refractivity contribution < 1.29 is 109 Å². The second-order valence-electron chi connectivity index (χ2n) is 24.2. The molecule has 2 spiro atoms. The van der Waals surface area contributed by atoms with Crippen molar-refractivity contribution in [3.05, 3.63) is 90.0 Å². The third-order valence-electron chi connectivity index (χ3n) is 16.2. The summed E-state index contributed by atoms with van der Waals surface area (Å²) in [5.74, 6) is 98.6. The van der Waals surface area contributed by atoms with E-state index in [-0.39, 0.29) is 63.1 Å². The van der Waals surface area contributed by atoms with Crippen LogP contribution in [-0.2, 0) is 45.7 Å². The molecule has 4 aliphatic rings.